The van der Waals surface area contributed by atoms with E-state index in [1.165, 1.54) is 11.3 Å². The van der Waals surface area contributed by atoms with E-state index < -0.39 is 0 Å². The summed E-state index contributed by atoms with van der Waals surface area (Å²) >= 11 is 0. The Morgan fingerprint density at radius 1 is 1.21 bits per heavy atom. The summed E-state index contributed by atoms with van der Waals surface area (Å²) in [6.45, 7) is 5.35. The minimum Gasteiger partial charge on any atom is -0.353 e. The first-order valence-electron chi connectivity index (χ1n) is 10.1. The molecule has 2 aliphatic rings. The van der Waals surface area contributed by atoms with Gasteiger partial charge in [-0.2, -0.15) is 5.10 Å². The summed E-state index contributed by atoms with van der Waals surface area (Å²) in [6.07, 6.45) is 4.06. The van der Waals surface area contributed by atoms with Crippen molar-refractivity contribution in [2.75, 3.05) is 6.54 Å². The Kier molecular flexibility index (Phi) is 4.96. The molecule has 0 saturated heterocycles. The second-order valence-electron chi connectivity index (χ2n) is 8.11. The monoisotopic (exact) mass is 380 g/mol. The van der Waals surface area contributed by atoms with Gasteiger partial charge in [0.15, 0.2) is 0 Å². The molecule has 0 unspecified atom stereocenters. The molecule has 2 heterocycles. The van der Waals surface area contributed by atoms with Crippen molar-refractivity contribution < 1.29 is 9.59 Å². The molecule has 0 radical (unpaired) electrons. The average molecular weight is 380 g/mol. The predicted octanol–water partition coefficient (Wildman–Crippen LogP) is 2.45. The maximum Gasteiger partial charge on any atom is 0.254 e. The van der Waals surface area contributed by atoms with Crippen LogP contribution >= 0.6 is 0 Å². The van der Waals surface area contributed by atoms with Crippen molar-refractivity contribution in [3.63, 3.8) is 0 Å². The quantitative estimate of drug-likeness (QED) is 0.866. The lowest BCUT2D eigenvalue weighted by Crippen LogP contribution is -2.36. The molecule has 1 aromatic carbocycles. The number of rotatable bonds is 5. The Bertz CT molecular complexity index is 927. The summed E-state index contributed by atoms with van der Waals surface area (Å²) in [5.74, 6) is 0.163. The van der Waals surface area contributed by atoms with Crippen molar-refractivity contribution in [1.82, 2.24) is 20.0 Å². The van der Waals surface area contributed by atoms with Gasteiger partial charge in [-0.25, -0.2) is 0 Å². The third-order valence-corrected chi connectivity index (χ3v) is 5.90. The third kappa shape index (κ3) is 3.81. The normalized spacial score (nSPS) is 16.0. The summed E-state index contributed by atoms with van der Waals surface area (Å²) in [7, 11) is 1.95. The van der Waals surface area contributed by atoms with Gasteiger partial charge in [-0.1, -0.05) is 6.07 Å². The highest BCUT2D eigenvalue weighted by molar-refractivity contribution is 5.94. The van der Waals surface area contributed by atoms with E-state index in [0.29, 0.717) is 32.0 Å². The fourth-order valence-electron chi connectivity index (χ4n) is 3.86. The summed E-state index contributed by atoms with van der Waals surface area (Å²) in [5.41, 5.74) is 6.30. The van der Waals surface area contributed by atoms with Crippen molar-refractivity contribution in [3.8, 4) is 0 Å². The van der Waals surface area contributed by atoms with Crippen LogP contribution in [-0.2, 0) is 31.2 Å². The fraction of sp³-hybridized carbons (Fsp3) is 0.500. The molecule has 1 aliphatic heterocycles. The first kappa shape index (κ1) is 18.7. The molecular formula is C22H28N4O2. The molecule has 28 heavy (non-hydrogen) atoms. The lowest BCUT2D eigenvalue weighted by Gasteiger charge is -2.28. The zero-order valence-corrected chi connectivity index (χ0v) is 16.9. The highest BCUT2D eigenvalue weighted by Crippen LogP contribution is 2.25. The van der Waals surface area contributed by atoms with Crippen molar-refractivity contribution in [2.45, 2.75) is 58.5 Å². The van der Waals surface area contributed by atoms with Crippen LogP contribution in [0.1, 0.15) is 57.7 Å². The van der Waals surface area contributed by atoms with Crippen LogP contribution in [0.15, 0.2) is 18.2 Å². The first-order valence-corrected chi connectivity index (χ1v) is 10.1. The zero-order chi connectivity index (χ0) is 19.8. The van der Waals surface area contributed by atoms with E-state index in [-0.39, 0.29) is 11.8 Å². The van der Waals surface area contributed by atoms with Crippen LogP contribution < -0.4 is 5.32 Å². The SMILES string of the molecule is Cc1ccc(C(=O)N2CCc3c(c(CCC(=O)NC4CC4)nn3C)C2)cc1C. The number of hydrogen-bond acceptors (Lipinski definition) is 3. The molecule has 1 aromatic heterocycles. The van der Waals surface area contributed by atoms with Crippen molar-refractivity contribution in [1.29, 1.82) is 0 Å². The van der Waals surface area contributed by atoms with Gasteiger partial charge < -0.3 is 10.2 Å². The van der Waals surface area contributed by atoms with Crippen LogP contribution in [0.4, 0.5) is 0 Å². The molecule has 4 rings (SSSR count). The minimum absolute atomic E-state index is 0.0648. The Morgan fingerprint density at radius 3 is 2.71 bits per heavy atom. The molecule has 1 fully saturated rings. The van der Waals surface area contributed by atoms with Gasteiger partial charge in [0.05, 0.1) is 5.69 Å². The molecule has 6 heteroatoms. The summed E-state index contributed by atoms with van der Waals surface area (Å²) in [4.78, 5) is 27.0. The van der Waals surface area contributed by atoms with E-state index in [4.69, 9.17) is 0 Å². The molecule has 1 aliphatic carbocycles. The highest BCUT2D eigenvalue weighted by atomic mass is 16.2. The number of amides is 2. The molecule has 0 bridgehead atoms. The second kappa shape index (κ2) is 7.41. The zero-order valence-electron chi connectivity index (χ0n) is 16.9. The van der Waals surface area contributed by atoms with Gasteiger partial charge in [-0.3, -0.25) is 14.3 Å². The summed E-state index contributed by atoms with van der Waals surface area (Å²) in [6, 6.07) is 6.27. The van der Waals surface area contributed by atoms with E-state index in [1.807, 2.05) is 41.8 Å². The Labute approximate surface area is 165 Å². The van der Waals surface area contributed by atoms with Gasteiger partial charge in [0, 0.05) is 62.3 Å². The first-order chi connectivity index (χ1) is 13.4. The molecule has 1 saturated carbocycles. The Hall–Kier alpha value is -2.63. The van der Waals surface area contributed by atoms with Crippen LogP contribution in [0.5, 0.6) is 0 Å². The van der Waals surface area contributed by atoms with E-state index in [0.717, 1.165) is 41.6 Å². The smallest absolute Gasteiger partial charge is 0.254 e. The van der Waals surface area contributed by atoms with Gasteiger partial charge in [0.1, 0.15) is 0 Å². The van der Waals surface area contributed by atoms with Crippen LogP contribution in [0.2, 0.25) is 0 Å². The number of fused-ring (bicyclic) bond motifs is 1. The summed E-state index contributed by atoms with van der Waals surface area (Å²) < 4.78 is 1.92. The summed E-state index contributed by atoms with van der Waals surface area (Å²) in [5, 5.41) is 7.68. The number of carbonyl (C=O) groups is 2. The predicted molar refractivity (Wildman–Crippen MR) is 107 cm³/mol. The number of hydrogen-bond donors (Lipinski definition) is 1. The van der Waals surface area contributed by atoms with Crippen LogP contribution in [0.25, 0.3) is 0 Å². The van der Waals surface area contributed by atoms with E-state index >= 15 is 0 Å². The number of nitrogens with one attached hydrogen (secondary N) is 1. The maximum absolute atomic E-state index is 13.0. The third-order valence-electron chi connectivity index (χ3n) is 5.90. The standard InChI is InChI=1S/C22H28N4O2/c1-14-4-5-16(12-15(14)2)22(28)26-11-10-20-18(13-26)19(24-25(20)3)8-9-21(27)23-17-6-7-17/h4-5,12,17H,6-11,13H2,1-3H3,(H,23,27). The van der Waals surface area contributed by atoms with Crippen LogP contribution in [0.3, 0.4) is 0 Å². The minimum atomic E-state index is 0.0648. The van der Waals surface area contributed by atoms with Crippen molar-refractivity contribution in [2.24, 2.45) is 7.05 Å². The van der Waals surface area contributed by atoms with Gasteiger partial charge in [0.25, 0.3) is 5.91 Å². The van der Waals surface area contributed by atoms with E-state index in [2.05, 4.69) is 17.3 Å². The fourth-order valence-corrected chi connectivity index (χ4v) is 3.86. The number of aryl methyl sites for hydroxylation is 4. The lowest BCUT2D eigenvalue weighted by atomic mass is 10.0. The van der Waals surface area contributed by atoms with Gasteiger partial charge in [-0.15, -0.1) is 0 Å². The molecule has 0 spiro atoms. The maximum atomic E-state index is 13.0. The highest BCUT2D eigenvalue weighted by Gasteiger charge is 2.28. The molecule has 148 valence electrons. The number of nitrogens with zero attached hydrogens (tertiary/aromatic N) is 3. The van der Waals surface area contributed by atoms with Crippen LogP contribution in [0, 0.1) is 13.8 Å². The van der Waals surface area contributed by atoms with Crippen molar-refractivity contribution in [3.05, 3.63) is 51.8 Å². The number of benzene rings is 1. The van der Waals surface area contributed by atoms with Crippen molar-refractivity contribution >= 4 is 11.8 Å². The van der Waals surface area contributed by atoms with Gasteiger partial charge in [0.2, 0.25) is 5.91 Å². The molecule has 2 amide bonds. The molecule has 2 aromatic rings. The Morgan fingerprint density at radius 2 is 2.00 bits per heavy atom. The largest absolute Gasteiger partial charge is 0.353 e. The number of aromatic nitrogens is 2. The number of carbonyl (C=O) groups excluding carboxylic acids is 2. The van der Waals surface area contributed by atoms with E-state index in [1.54, 1.807) is 0 Å². The molecule has 6 nitrogen and oxygen atoms in total. The molecule has 0 atom stereocenters. The van der Waals surface area contributed by atoms with Crippen LogP contribution in [-0.4, -0.2) is 39.1 Å². The van der Waals surface area contributed by atoms with E-state index in [9.17, 15) is 9.59 Å². The lowest BCUT2D eigenvalue weighted by molar-refractivity contribution is -0.121. The van der Waals surface area contributed by atoms with Gasteiger partial charge in [-0.05, 0) is 49.9 Å². The Balaban J connectivity index is 1.48. The average Bonchev–Trinajstić information content (AvgIpc) is 3.44. The second-order valence-corrected chi connectivity index (χ2v) is 8.11. The topological polar surface area (TPSA) is 67.2 Å². The van der Waals surface area contributed by atoms with Gasteiger partial charge >= 0.3 is 0 Å². The molecule has 1 N–H and O–H groups in total. The molecular weight excluding hydrogens is 352 g/mol.